The van der Waals surface area contributed by atoms with Crippen LogP contribution in [-0.2, 0) is 4.79 Å². The average Bonchev–Trinajstić information content (AvgIpc) is 2.83. The van der Waals surface area contributed by atoms with Crippen LogP contribution in [0, 0.1) is 0 Å². The molecule has 1 aromatic carbocycles. The Morgan fingerprint density at radius 1 is 1.35 bits per heavy atom. The number of rotatable bonds is 4. The summed E-state index contributed by atoms with van der Waals surface area (Å²) in [6.45, 7) is 2.58. The summed E-state index contributed by atoms with van der Waals surface area (Å²) in [6.07, 6.45) is 2.52. The average molecular weight is 233 g/mol. The molecule has 2 N–H and O–H groups in total. The van der Waals surface area contributed by atoms with Gasteiger partial charge in [0.15, 0.2) is 0 Å². The van der Waals surface area contributed by atoms with E-state index in [1.165, 1.54) is 18.5 Å². The highest BCUT2D eigenvalue weighted by Crippen LogP contribution is 2.23. The minimum Gasteiger partial charge on any atom is -0.371 e. The molecule has 1 heterocycles. The van der Waals surface area contributed by atoms with Crippen LogP contribution in [0.2, 0.25) is 0 Å². The van der Waals surface area contributed by atoms with E-state index < -0.39 is 0 Å². The molecule has 2 rings (SSSR count). The number of hydrogen-bond acceptors (Lipinski definition) is 3. The number of anilines is 2. The molecule has 1 aromatic rings. The molecule has 1 fully saturated rings. The Hall–Kier alpha value is -1.55. The number of carbonyl (C=O) groups excluding carboxylic acids is 1. The van der Waals surface area contributed by atoms with Crippen LogP contribution in [0.15, 0.2) is 24.3 Å². The van der Waals surface area contributed by atoms with Crippen LogP contribution in [0.25, 0.3) is 0 Å². The molecule has 0 bridgehead atoms. The zero-order valence-corrected chi connectivity index (χ0v) is 10.2. The predicted molar refractivity (Wildman–Crippen MR) is 70.4 cm³/mol. The summed E-state index contributed by atoms with van der Waals surface area (Å²) in [5, 5.41) is 5.71. The first-order valence-corrected chi connectivity index (χ1v) is 6.09. The van der Waals surface area contributed by atoms with Gasteiger partial charge in [-0.25, -0.2) is 0 Å². The minimum absolute atomic E-state index is 0.00827. The van der Waals surface area contributed by atoms with Crippen LogP contribution >= 0.6 is 0 Å². The highest BCUT2D eigenvalue weighted by atomic mass is 16.1. The molecule has 1 saturated heterocycles. The molecule has 0 aromatic heterocycles. The molecule has 0 atom stereocenters. The quantitative estimate of drug-likeness (QED) is 0.827. The fourth-order valence-corrected chi connectivity index (χ4v) is 2.12. The van der Waals surface area contributed by atoms with Crippen LogP contribution in [0.5, 0.6) is 0 Å². The Labute approximate surface area is 102 Å². The SMILES string of the molecule is CNCC(=O)Nc1cccc(N2CCCC2)c1. The third-order valence-electron chi connectivity index (χ3n) is 2.94. The molecule has 17 heavy (non-hydrogen) atoms. The lowest BCUT2D eigenvalue weighted by atomic mass is 10.2. The molecule has 0 unspecified atom stereocenters. The van der Waals surface area contributed by atoms with Gasteiger partial charge in [0.05, 0.1) is 6.54 Å². The van der Waals surface area contributed by atoms with Crippen LogP contribution in [0.3, 0.4) is 0 Å². The summed E-state index contributed by atoms with van der Waals surface area (Å²) in [6, 6.07) is 8.05. The first-order chi connectivity index (χ1) is 8.29. The molecule has 0 saturated carbocycles. The molecular weight excluding hydrogens is 214 g/mol. The van der Waals surface area contributed by atoms with Crippen LogP contribution in [0.4, 0.5) is 11.4 Å². The van der Waals surface area contributed by atoms with Crippen LogP contribution in [-0.4, -0.2) is 32.6 Å². The van der Waals surface area contributed by atoms with E-state index >= 15 is 0 Å². The van der Waals surface area contributed by atoms with Gasteiger partial charge in [-0.2, -0.15) is 0 Å². The highest BCUT2D eigenvalue weighted by molar-refractivity contribution is 5.92. The number of benzene rings is 1. The van der Waals surface area contributed by atoms with Crippen molar-refractivity contribution in [2.45, 2.75) is 12.8 Å². The Bertz CT molecular complexity index is 386. The fraction of sp³-hybridized carbons (Fsp3) is 0.462. The number of likely N-dealkylation sites (N-methyl/N-ethyl adjacent to an activating group) is 1. The van der Waals surface area contributed by atoms with Crippen molar-refractivity contribution >= 4 is 17.3 Å². The topological polar surface area (TPSA) is 44.4 Å². The molecule has 92 valence electrons. The van der Waals surface area contributed by atoms with Gasteiger partial charge in [-0.1, -0.05) is 6.07 Å². The monoisotopic (exact) mass is 233 g/mol. The number of carbonyl (C=O) groups is 1. The zero-order chi connectivity index (χ0) is 12.1. The summed E-state index contributed by atoms with van der Waals surface area (Å²) < 4.78 is 0. The first kappa shape index (κ1) is 11.9. The molecule has 4 nitrogen and oxygen atoms in total. The van der Waals surface area contributed by atoms with E-state index in [1.54, 1.807) is 7.05 Å². The molecule has 1 amide bonds. The molecule has 0 spiro atoms. The van der Waals surface area contributed by atoms with E-state index in [9.17, 15) is 4.79 Å². The van der Waals surface area contributed by atoms with Gasteiger partial charge in [-0.05, 0) is 38.1 Å². The van der Waals surface area contributed by atoms with Gasteiger partial charge < -0.3 is 15.5 Å². The smallest absolute Gasteiger partial charge is 0.238 e. The zero-order valence-electron chi connectivity index (χ0n) is 10.2. The van der Waals surface area contributed by atoms with Crippen molar-refractivity contribution < 1.29 is 4.79 Å². The predicted octanol–water partition coefficient (Wildman–Crippen LogP) is 1.44. The lowest BCUT2D eigenvalue weighted by Gasteiger charge is -2.18. The fourth-order valence-electron chi connectivity index (χ4n) is 2.12. The van der Waals surface area contributed by atoms with Gasteiger partial charge in [0.2, 0.25) is 5.91 Å². The van der Waals surface area contributed by atoms with Crippen molar-refractivity contribution in [2.24, 2.45) is 0 Å². The van der Waals surface area contributed by atoms with E-state index in [-0.39, 0.29) is 5.91 Å². The second-order valence-electron chi connectivity index (χ2n) is 4.32. The van der Waals surface area contributed by atoms with Gasteiger partial charge in [0, 0.05) is 24.5 Å². The maximum Gasteiger partial charge on any atom is 0.238 e. The van der Waals surface area contributed by atoms with Gasteiger partial charge >= 0.3 is 0 Å². The molecule has 1 aliphatic heterocycles. The summed E-state index contributed by atoms with van der Waals surface area (Å²) in [5.74, 6) is -0.00827. The molecular formula is C13H19N3O. The maximum atomic E-state index is 11.5. The molecule has 0 radical (unpaired) electrons. The normalized spacial score (nSPS) is 15.0. The Morgan fingerprint density at radius 2 is 2.12 bits per heavy atom. The van der Waals surface area contributed by atoms with Crippen molar-refractivity contribution in [3.05, 3.63) is 24.3 Å². The number of nitrogens with zero attached hydrogens (tertiary/aromatic N) is 1. The number of hydrogen-bond donors (Lipinski definition) is 2. The van der Waals surface area contributed by atoms with Gasteiger partial charge in [0.25, 0.3) is 0 Å². The molecule has 1 aliphatic rings. The number of nitrogens with one attached hydrogen (secondary N) is 2. The lowest BCUT2D eigenvalue weighted by molar-refractivity contribution is -0.115. The summed E-state index contributed by atoms with van der Waals surface area (Å²) in [5.41, 5.74) is 2.07. The lowest BCUT2D eigenvalue weighted by Crippen LogP contribution is -2.25. The summed E-state index contributed by atoms with van der Waals surface area (Å²) in [4.78, 5) is 13.8. The third-order valence-corrected chi connectivity index (χ3v) is 2.94. The van der Waals surface area contributed by atoms with Crippen molar-refractivity contribution in [1.82, 2.24) is 5.32 Å². The molecule has 0 aliphatic carbocycles. The van der Waals surface area contributed by atoms with E-state index in [0.717, 1.165) is 18.8 Å². The highest BCUT2D eigenvalue weighted by Gasteiger charge is 2.12. The van der Waals surface area contributed by atoms with Gasteiger partial charge in [-0.3, -0.25) is 4.79 Å². The Morgan fingerprint density at radius 3 is 2.82 bits per heavy atom. The van der Waals surface area contributed by atoms with Gasteiger partial charge in [-0.15, -0.1) is 0 Å². The van der Waals surface area contributed by atoms with Gasteiger partial charge in [0.1, 0.15) is 0 Å². The van der Waals surface area contributed by atoms with Crippen molar-refractivity contribution in [2.75, 3.05) is 36.9 Å². The minimum atomic E-state index is -0.00827. The second kappa shape index (κ2) is 5.68. The van der Waals surface area contributed by atoms with E-state index in [1.807, 2.05) is 18.2 Å². The maximum absolute atomic E-state index is 11.5. The van der Waals surface area contributed by atoms with E-state index in [0.29, 0.717) is 6.54 Å². The second-order valence-corrected chi connectivity index (χ2v) is 4.32. The Kier molecular flexibility index (Phi) is 3.98. The summed E-state index contributed by atoms with van der Waals surface area (Å²) >= 11 is 0. The summed E-state index contributed by atoms with van der Waals surface area (Å²) in [7, 11) is 1.76. The standard InChI is InChI=1S/C13H19N3O/c1-14-10-13(17)15-11-5-4-6-12(9-11)16-7-2-3-8-16/h4-6,9,14H,2-3,7-8,10H2,1H3,(H,15,17). The largest absolute Gasteiger partial charge is 0.371 e. The van der Waals surface area contributed by atoms with Crippen molar-refractivity contribution in [1.29, 1.82) is 0 Å². The van der Waals surface area contributed by atoms with E-state index in [2.05, 4.69) is 21.6 Å². The Balaban J connectivity index is 2.03. The van der Waals surface area contributed by atoms with Crippen molar-refractivity contribution in [3.8, 4) is 0 Å². The van der Waals surface area contributed by atoms with Crippen molar-refractivity contribution in [3.63, 3.8) is 0 Å². The first-order valence-electron chi connectivity index (χ1n) is 6.09. The molecule has 4 heteroatoms. The third kappa shape index (κ3) is 3.20. The number of amides is 1. The van der Waals surface area contributed by atoms with Crippen LogP contribution < -0.4 is 15.5 Å². The van der Waals surface area contributed by atoms with Crippen LogP contribution in [0.1, 0.15) is 12.8 Å². The van der Waals surface area contributed by atoms with E-state index in [4.69, 9.17) is 0 Å².